The predicted molar refractivity (Wildman–Crippen MR) is 72.0 cm³/mol. The zero-order valence-electron chi connectivity index (χ0n) is 10.7. The second-order valence-electron chi connectivity index (χ2n) is 4.47. The van der Waals surface area contributed by atoms with Crippen molar-refractivity contribution in [3.63, 3.8) is 0 Å². The number of carbonyl (C=O) groups is 1. The number of benzene rings is 1. The van der Waals surface area contributed by atoms with Gasteiger partial charge in [0.15, 0.2) is 6.10 Å². The van der Waals surface area contributed by atoms with Crippen LogP contribution in [-0.4, -0.2) is 18.6 Å². The normalized spacial score (nSPS) is 12.3. The maximum Gasteiger partial charge on any atom is 0.260 e. The van der Waals surface area contributed by atoms with Crippen molar-refractivity contribution in [3.05, 3.63) is 28.5 Å². The Hall–Kier alpha value is -1.10. The first kappa shape index (κ1) is 15.0. The van der Waals surface area contributed by atoms with Gasteiger partial charge in [0.2, 0.25) is 0 Å². The van der Waals surface area contributed by atoms with E-state index in [9.17, 15) is 9.18 Å². The van der Waals surface area contributed by atoms with E-state index in [2.05, 4.69) is 21.2 Å². The third-order valence-corrected chi connectivity index (χ3v) is 2.87. The predicted octanol–water partition coefficient (Wildman–Crippen LogP) is 3.13. The average Bonchev–Trinajstić information content (AvgIpc) is 2.29. The Kier molecular flexibility index (Phi) is 5.59. The van der Waals surface area contributed by atoms with Crippen molar-refractivity contribution in [1.29, 1.82) is 0 Å². The van der Waals surface area contributed by atoms with Crippen LogP contribution < -0.4 is 10.1 Å². The van der Waals surface area contributed by atoms with Crippen molar-refractivity contribution in [2.45, 2.75) is 26.9 Å². The van der Waals surface area contributed by atoms with Crippen LogP contribution in [0, 0.1) is 11.7 Å². The molecule has 5 heteroatoms. The number of rotatable bonds is 5. The van der Waals surface area contributed by atoms with Gasteiger partial charge in [0.05, 0.1) is 4.47 Å². The summed E-state index contributed by atoms with van der Waals surface area (Å²) in [5, 5.41) is 2.78. The lowest BCUT2D eigenvalue weighted by Gasteiger charge is -2.16. The molecule has 0 fully saturated rings. The zero-order valence-corrected chi connectivity index (χ0v) is 12.3. The maximum absolute atomic E-state index is 12.9. The summed E-state index contributed by atoms with van der Waals surface area (Å²) in [5.41, 5.74) is 0. The molecule has 0 radical (unpaired) electrons. The number of hydrogen-bond donors (Lipinski definition) is 1. The Labute approximate surface area is 115 Å². The van der Waals surface area contributed by atoms with Gasteiger partial charge < -0.3 is 10.1 Å². The number of halogens is 2. The molecule has 0 heterocycles. The molecule has 100 valence electrons. The van der Waals surface area contributed by atoms with Crippen LogP contribution in [0.25, 0.3) is 0 Å². The summed E-state index contributed by atoms with van der Waals surface area (Å²) in [6, 6.07) is 4.08. The van der Waals surface area contributed by atoms with Crippen LogP contribution in [0.1, 0.15) is 20.8 Å². The van der Waals surface area contributed by atoms with Crippen LogP contribution in [-0.2, 0) is 4.79 Å². The Morgan fingerprint density at radius 3 is 2.67 bits per heavy atom. The molecule has 0 aliphatic carbocycles. The minimum atomic E-state index is -0.620. The highest BCUT2D eigenvalue weighted by Gasteiger charge is 2.16. The van der Waals surface area contributed by atoms with Gasteiger partial charge in [-0.05, 0) is 47.0 Å². The largest absolute Gasteiger partial charge is 0.480 e. The highest BCUT2D eigenvalue weighted by atomic mass is 79.9. The van der Waals surface area contributed by atoms with Gasteiger partial charge in [0.25, 0.3) is 5.91 Å². The van der Waals surface area contributed by atoms with E-state index in [1.807, 2.05) is 13.8 Å². The molecule has 0 spiro atoms. The van der Waals surface area contributed by atoms with E-state index >= 15 is 0 Å². The second kappa shape index (κ2) is 6.73. The van der Waals surface area contributed by atoms with Crippen LogP contribution in [0.15, 0.2) is 22.7 Å². The molecule has 0 aromatic heterocycles. The fourth-order valence-corrected chi connectivity index (χ4v) is 1.71. The minimum Gasteiger partial charge on any atom is -0.480 e. The number of ether oxygens (including phenoxy) is 1. The van der Waals surface area contributed by atoms with Crippen LogP contribution in [0.2, 0.25) is 0 Å². The van der Waals surface area contributed by atoms with Crippen molar-refractivity contribution in [3.8, 4) is 5.75 Å². The monoisotopic (exact) mass is 317 g/mol. The molecule has 18 heavy (non-hydrogen) atoms. The van der Waals surface area contributed by atoms with Crippen LogP contribution in [0.4, 0.5) is 4.39 Å². The molecule has 0 aliphatic heterocycles. The third-order valence-electron chi connectivity index (χ3n) is 2.25. The summed E-state index contributed by atoms with van der Waals surface area (Å²) in [5.74, 6) is 0.299. The molecular weight excluding hydrogens is 301 g/mol. The molecule has 1 atom stereocenters. The smallest absolute Gasteiger partial charge is 0.260 e. The maximum atomic E-state index is 12.9. The van der Waals surface area contributed by atoms with Crippen molar-refractivity contribution >= 4 is 21.8 Å². The van der Waals surface area contributed by atoms with Gasteiger partial charge >= 0.3 is 0 Å². The molecule has 0 saturated carbocycles. The second-order valence-corrected chi connectivity index (χ2v) is 5.33. The fourth-order valence-electron chi connectivity index (χ4n) is 1.26. The van der Waals surface area contributed by atoms with E-state index in [1.54, 1.807) is 6.92 Å². The lowest BCUT2D eigenvalue weighted by molar-refractivity contribution is -0.127. The van der Waals surface area contributed by atoms with Gasteiger partial charge in [-0.15, -0.1) is 0 Å². The highest BCUT2D eigenvalue weighted by Crippen LogP contribution is 2.26. The van der Waals surface area contributed by atoms with Crippen molar-refractivity contribution in [1.82, 2.24) is 5.32 Å². The van der Waals surface area contributed by atoms with Gasteiger partial charge in [-0.3, -0.25) is 4.79 Å². The SMILES string of the molecule is CC(C)CNC(=O)C(C)Oc1ccc(F)cc1Br. The van der Waals surface area contributed by atoms with Crippen molar-refractivity contribution in [2.24, 2.45) is 5.92 Å². The van der Waals surface area contributed by atoms with E-state index in [1.165, 1.54) is 18.2 Å². The van der Waals surface area contributed by atoms with Crippen LogP contribution >= 0.6 is 15.9 Å². The minimum absolute atomic E-state index is 0.181. The van der Waals surface area contributed by atoms with Gasteiger partial charge in [0.1, 0.15) is 11.6 Å². The average molecular weight is 318 g/mol. The first-order chi connectivity index (χ1) is 8.40. The van der Waals surface area contributed by atoms with Gasteiger partial charge in [-0.1, -0.05) is 13.8 Å². The molecule has 1 aromatic carbocycles. The van der Waals surface area contributed by atoms with Crippen molar-refractivity contribution < 1.29 is 13.9 Å². The summed E-state index contributed by atoms with van der Waals surface area (Å²) in [6.45, 7) is 6.30. The van der Waals surface area contributed by atoms with E-state index in [4.69, 9.17) is 4.74 Å². The summed E-state index contributed by atoms with van der Waals surface area (Å²) in [4.78, 5) is 11.7. The third kappa shape index (κ3) is 4.64. The molecule has 0 bridgehead atoms. The summed E-state index contributed by atoms with van der Waals surface area (Å²) in [6.07, 6.45) is -0.620. The highest BCUT2D eigenvalue weighted by molar-refractivity contribution is 9.10. The molecule has 3 nitrogen and oxygen atoms in total. The first-order valence-electron chi connectivity index (χ1n) is 5.79. The summed E-state index contributed by atoms with van der Waals surface area (Å²) in [7, 11) is 0. The molecule has 0 aliphatic rings. The van der Waals surface area contributed by atoms with Gasteiger partial charge in [-0.2, -0.15) is 0 Å². The number of carbonyl (C=O) groups excluding carboxylic acids is 1. The molecule has 1 N–H and O–H groups in total. The van der Waals surface area contributed by atoms with E-state index in [-0.39, 0.29) is 11.7 Å². The fraction of sp³-hybridized carbons (Fsp3) is 0.462. The van der Waals surface area contributed by atoms with Gasteiger partial charge in [-0.25, -0.2) is 4.39 Å². The molecule has 1 aromatic rings. The molecule has 1 rings (SSSR count). The standard InChI is InChI=1S/C13H17BrFNO2/c1-8(2)7-16-13(17)9(3)18-12-5-4-10(15)6-11(12)14/h4-6,8-9H,7H2,1-3H3,(H,16,17). The zero-order chi connectivity index (χ0) is 13.7. The first-order valence-corrected chi connectivity index (χ1v) is 6.59. The summed E-state index contributed by atoms with van der Waals surface area (Å²) < 4.78 is 18.8. The molecule has 1 amide bonds. The van der Waals surface area contributed by atoms with Crippen molar-refractivity contribution in [2.75, 3.05) is 6.54 Å². The number of amides is 1. The van der Waals surface area contributed by atoms with Crippen LogP contribution in [0.5, 0.6) is 5.75 Å². The molecule has 0 saturated heterocycles. The molecule has 1 unspecified atom stereocenters. The Morgan fingerprint density at radius 2 is 2.11 bits per heavy atom. The number of hydrogen-bond acceptors (Lipinski definition) is 2. The number of nitrogens with one attached hydrogen (secondary N) is 1. The lowest BCUT2D eigenvalue weighted by atomic mass is 10.2. The van der Waals surface area contributed by atoms with Crippen LogP contribution in [0.3, 0.4) is 0 Å². The summed E-state index contributed by atoms with van der Waals surface area (Å²) >= 11 is 3.19. The van der Waals surface area contributed by atoms with E-state index < -0.39 is 6.10 Å². The van der Waals surface area contributed by atoms with Gasteiger partial charge in [0, 0.05) is 6.54 Å². The Bertz CT molecular complexity index is 423. The molecular formula is C13H17BrFNO2. The Morgan fingerprint density at radius 1 is 1.44 bits per heavy atom. The topological polar surface area (TPSA) is 38.3 Å². The van der Waals surface area contributed by atoms with E-state index in [0.717, 1.165) is 0 Å². The van der Waals surface area contributed by atoms with E-state index in [0.29, 0.717) is 22.7 Å². The lowest BCUT2D eigenvalue weighted by Crippen LogP contribution is -2.38. The Balaban J connectivity index is 2.58. The quantitative estimate of drug-likeness (QED) is 0.906.